The summed E-state index contributed by atoms with van der Waals surface area (Å²) >= 11 is 7.56. The van der Waals surface area contributed by atoms with Gasteiger partial charge in [-0.25, -0.2) is 0 Å². The average molecular weight is 279 g/mol. The third kappa shape index (κ3) is 2.04. The molecular weight excluding hydrogens is 268 g/mol. The van der Waals surface area contributed by atoms with Gasteiger partial charge >= 0.3 is 0 Å². The van der Waals surface area contributed by atoms with E-state index in [1.165, 1.54) is 0 Å². The molecule has 1 aromatic carbocycles. The molecular formula is C12H11ClN4S. The van der Waals surface area contributed by atoms with Gasteiger partial charge in [0.05, 0.1) is 0 Å². The second-order valence-corrected chi connectivity index (χ2v) is 5.31. The number of aromatic nitrogens is 3. The van der Waals surface area contributed by atoms with Crippen molar-refractivity contribution in [3.05, 3.63) is 29.3 Å². The van der Waals surface area contributed by atoms with Crippen molar-refractivity contribution in [2.75, 3.05) is 5.75 Å². The molecule has 18 heavy (non-hydrogen) atoms. The van der Waals surface area contributed by atoms with E-state index in [2.05, 4.69) is 22.2 Å². The van der Waals surface area contributed by atoms with Crippen molar-refractivity contribution in [1.29, 1.82) is 0 Å². The van der Waals surface area contributed by atoms with Crippen LogP contribution in [0.5, 0.6) is 0 Å². The van der Waals surface area contributed by atoms with Gasteiger partial charge in [0.15, 0.2) is 5.82 Å². The Morgan fingerprint density at radius 3 is 2.78 bits per heavy atom. The fraction of sp³-hybridized carbons (Fsp3) is 0.250. The molecule has 1 aliphatic rings. The molecule has 4 nitrogen and oxygen atoms in total. The molecule has 2 aromatic rings. The lowest BCUT2D eigenvalue weighted by Gasteiger charge is -2.12. The number of hydrogen-bond donors (Lipinski definition) is 0. The Morgan fingerprint density at radius 2 is 2.06 bits per heavy atom. The zero-order valence-corrected chi connectivity index (χ0v) is 11.4. The fourth-order valence-corrected chi connectivity index (χ4v) is 2.75. The Morgan fingerprint density at radius 1 is 1.28 bits per heavy atom. The van der Waals surface area contributed by atoms with Crippen molar-refractivity contribution in [1.82, 2.24) is 14.9 Å². The Kier molecular flexibility index (Phi) is 3.09. The highest BCUT2D eigenvalue weighted by Gasteiger charge is 2.18. The molecule has 3 rings (SSSR count). The van der Waals surface area contributed by atoms with Gasteiger partial charge in [0.2, 0.25) is 5.16 Å². The van der Waals surface area contributed by atoms with Crippen LogP contribution in [0.4, 0.5) is 0 Å². The minimum absolute atomic E-state index is 0.712. The zero-order valence-electron chi connectivity index (χ0n) is 9.80. The maximum Gasteiger partial charge on any atom is 0.212 e. The first-order chi connectivity index (χ1) is 8.78. The van der Waals surface area contributed by atoms with E-state index in [9.17, 15) is 0 Å². The minimum Gasteiger partial charge on any atom is -0.187 e. The standard InChI is InChI=1S/C12H11ClN4S/c1-2-10-7-18-12-15-14-11(17(12)16-10)8-3-5-9(13)6-4-8/h3-6H,2,7H2,1H3. The molecule has 0 saturated heterocycles. The van der Waals surface area contributed by atoms with Crippen LogP contribution in [0.25, 0.3) is 11.4 Å². The smallest absolute Gasteiger partial charge is 0.187 e. The number of halogens is 1. The lowest BCUT2D eigenvalue weighted by molar-refractivity contribution is 0.757. The number of nitrogens with zero attached hydrogens (tertiary/aromatic N) is 4. The maximum atomic E-state index is 5.89. The van der Waals surface area contributed by atoms with E-state index in [4.69, 9.17) is 11.6 Å². The van der Waals surface area contributed by atoms with E-state index < -0.39 is 0 Å². The lowest BCUT2D eigenvalue weighted by atomic mass is 10.2. The largest absolute Gasteiger partial charge is 0.212 e. The van der Waals surface area contributed by atoms with E-state index in [1.807, 2.05) is 28.9 Å². The van der Waals surface area contributed by atoms with Crippen molar-refractivity contribution >= 4 is 29.1 Å². The van der Waals surface area contributed by atoms with Crippen LogP contribution in [-0.4, -0.2) is 26.3 Å². The van der Waals surface area contributed by atoms with Crippen LogP contribution in [0.15, 0.2) is 34.5 Å². The van der Waals surface area contributed by atoms with E-state index in [1.54, 1.807) is 11.8 Å². The first-order valence-corrected chi connectivity index (χ1v) is 7.05. The Balaban J connectivity index is 2.08. The predicted molar refractivity (Wildman–Crippen MR) is 74.3 cm³/mol. The molecule has 0 fully saturated rings. The van der Waals surface area contributed by atoms with Crippen LogP contribution in [0.1, 0.15) is 13.3 Å². The number of hydrogen-bond acceptors (Lipinski definition) is 4. The van der Waals surface area contributed by atoms with Crippen molar-refractivity contribution in [2.45, 2.75) is 18.5 Å². The van der Waals surface area contributed by atoms with Gasteiger partial charge in [-0.05, 0) is 30.7 Å². The van der Waals surface area contributed by atoms with Crippen molar-refractivity contribution in [2.24, 2.45) is 5.10 Å². The normalized spacial score (nSPS) is 14.2. The van der Waals surface area contributed by atoms with E-state index in [0.717, 1.165) is 34.4 Å². The van der Waals surface area contributed by atoms with Gasteiger partial charge in [-0.15, -0.1) is 10.2 Å². The highest BCUT2D eigenvalue weighted by molar-refractivity contribution is 7.99. The summed E-state index contributed by atoms with van der Waals surface area (Å²) < 4.78 is 1.82. The van der Waals surface area contributed by atoms with Crippen LogP contribution >= 0.6 is 23.4 Å². The van der Waals surface area contributed by atoms with Crippen LogP contribution in [-0.2, 0) is 0 Å². The van der Waals surface area contributed by atoms with Crippen LogP contribution in [0.3, 0.4) is 0 Å². The van der Waals surface area contributed by atoms with Crippen molar-refractivity contribution in [3.8, 4) is 11.4 Å². The summed E-state index contributed by atoms with van der Waals surface area (Å²) in [5, 5.41) is 14.5. The minimum atomic E-state index is 0.712. The summed E-state index contributed by atoms with van der Waals surface area (Å²) in [5.41, 5.74) is 2.13. The van der Waals surface area contributed by atoms with Gasteiger partial charge < -0.3 is 0 Å². The van der Waals surface area contributed by atoms with Crippen LogP contribution < -0.4 is 0 Å². The maximum absolute atomic E-state index is 5.89. The Bertz CT molecular complexity index is 603. The molecule has 0 N–H and O–H groups in total. The fourth-order valence-electron chi connectivity index (χ4n) is 1.72. The lowest BCUT2D eigenvalue weighted by Crippen LogP contribution is -2.11. The average Bonchev–Trinajstić information content (AvgIpc) is 2.82. The van der Waals surface area contributed by atoms with Gasteiger partial charge in [0.25, 0.3) is 0 Å². The highest BCUT2D eigenvalue weighted by Crippen LogP contribution is 2.28. The van der Waals surface area contributed by atoms with Crippen molar-refractivity contribution in [3.63, 3.8) is 0 Å². The molecule has 0 aliphatic carbocycles. The van der Waals surface area contributed by atoms with Crippen LogP contribution in [0, 0.1) is 0 Å². The third-order valence-electron chi connectivity index (χ3n) is 2.73. The summed E-state index contributed by atoms with van der Waals surface area (Å²) in [6.07, 6.45) is 0.949. The number of fused-ring (bicyclic) bond motifs is 1. The monoisotopic (exact) mass is 278 g/mol. The zero-order chi connectivity index (χ0) is 12.5. The molecule has 0 unspecified atom stereocenters. The van der Waals surface area contributed by atoms with E-state index in [0.29, 0.717) is 5.02 Å². The second-order valence-electron chi connectivity index (χ2n) is 3.93. The number of thioether (sulfide) groups is 1. The molecule has 0 atom stereocenters. The number of benzene rings is 1. The first-order valence-electron chi connectivity index (χ1n) is 5.69. The predicted octanol–water partition coefficient (Wildman–Crippen LogP) is 3.32. The molecule has 1 aromatic heterocycles. The van der Waals surface area contributed by atoms with Gasteiger partial charge in [-0.2, -0.15) is 9.78 Å². The Hall–Kier alpha value is -1.33. The molecule has 1 aliphatic heterocycles. The van der Waals surface area contributed by atoms with Gasteiger partial charge in [-0.3, -0.25) is 0 Å². The molecule has 0 bridgehead atoms. The summed E-state index contributed by atoms with van der Waals surface area (Å²) in [6.45, 7) is 2.11. The van der Waals surface area contributed by atoms with Crippen LogP contribution in [0.2, 0.25) is 5.02 Å². The molecule has 0 spiro atoms. The molecule has 92 valence electrons. The summed E-state index contributed by atoms with van der Waals surface area (Å²) in [5.74, 6) is 1.66. The van der Waals surface area contributed by atoms with Crippen molar-refractivity contribution < 1.29 is 0 Å². The summed E-state index contributed by atoms with van der Waals surface area (Å²) in [7, 11) is 0. The summed E-state index contributed by atoms with van der Waals surface area (Å²) in [4.78, 5) is 0. The van der Waals surface area contributed by atoms with E-state index in [-0.39, 0.29) is 0 Å². The van der Waals surface area contributed by atoms with Gasteiger partial charge in [0.1, 0.15) is 0 Å². The molecule has 0 radical (unpaired) electrons. The first kappa shape index (κ1) is 11.7. The molecule has 6 heteroatoms. The highest BCUT2D eigenvalue weighted by atomic mass is 35.5. The Labute approximate surface area is 114 Å². The van der Waals surface area contributed by atoms with Gasteiger partial charge in [0, 0.05) is 22.1 Å². The quantitative estimate of drug-likeness (QED) is 0.846. The van der Waals surface area contributed by atoms with Gasteiger partial charge in [-0.1, -0.05) is 30.3 Å². The molecule has 0 saturated carbocycles. The van der Waals surface area contributed by atoms with E-state index >= 15 is 0 Å². The molecule has 0 amide bonds. The topological polar surface area (TPSA) is 43.1 Å². The number of rotatable bonds is 2. The second kappa shape index (κ2) is 4.74. The SMILES string of the molecule is CCC1=Nn2c(nnc2-c2ccc(Cl)cc2)SC1. The third-order valence-corrected chi connectivity index (χ3v) is 3.97. The summed E-state index contributed by atoms with van der Waals surface area (Å²) in [6, 6.07) is 7.55. The molecule has 2 heterocycles.